The summed E-state index contributed by atoms with van der Waals surface area (Å²) < 4.78 is 4.24. The monoisotopic (exact) mass is 1950 g/mol. The Hall–Kier alpha value is -15.3. The average Bonchev–Trinajstić information content (AvgIpc) is 1.64. The summed E-state index contributed by atoms with van der Waals surface area (Å²) in [6.45, 7) is 1.99. The molecule has 0 saturated heterocycles. The predicted octanol–water partition coefficient (Wildman–Crippen LogP) is 29.4. The lowest BCUT2D eigenvalue weighted by Gasteiger charge is -2.10. The third kappa shape index (κ3) is 14.0. The molecule has 17 N–H and O–H groups in total. The Morgan fingerprint density at radius 3 is 1.03 bits per heavy atom. The van der Waals surface area contributed by atoms with Gasteiger partial charge in [-0.1, -0.05) is 221 Å². The zero-order chi connectivity index (χ0) is 87.8. The first-order valence-corrected chi connectivity index (χ1v) is 46.2. The van der Waals surface area contributed by atoms with Crippen molar-refractivity contribution in [2.75, 3.05) is 22.1 Å². The van der Waals surface area contributed by atoms with Crippen molar-refractivity contribution in [1.82, 2.24) is 64.8 Å². The molecule has 0 atom stereocenters. The molecule has 0 spiro atoms. The topological polar surface area (TPSA) is 296 Å². The molecule has 0 unspecified atom stereocenters. The van der Waals surface area contributed by atoms with Crippen LogP contribution in [0, 0.1) is 0 Å². The van der Waals surface area contributed by atoms with Crippen LogP contribution in [-0.2, 0) is 19.6 Å². The Balaban J connectivity index is 0.0000000980. The van der Waals surface area contributed by atoms with Gasteiger partial charge in [0, 0.05) is 211 Å². The highest BCUT2D eigenvalue weighted by Gasteiger charge is 2.23. The van der Waals surface area contributed by atoms with Gasteiger partial charge in [-0.15, -0.1) is 0 Å². The number of nitrogen functional groups attached to an aromatic ring is 2. The molecule has 18 nitrogen and oxygen atoms in total. The van der Waals surface area contributed by atoms with E-state index in [9.17, 15) is 0 Å². The minimum Gasteiger partial charge on any atom is -0.399 e. The first-order chi connectivity index (χ1) is 64.3. The average molecular weight is 1960 g/mol. The summed E-state index contributed by atoms with van der Waals surface area (Å²) >= 11 is 14.4. The first kappa shape index (κ1) is 79.1. The van der Waals surface area contributed by atoms with E-state index in [2.05, 4.69) is 356 Å². The molecule has 27 aromatic rings. The van der Waals surface area contributed by atoms with Crippen molar-refractivity contribution >= 4 is 271 Å². The van der Waals surface area contributed by atoms with Gasteiger partial charge in [0.2, 0.25) is 0 Å². The summed E-state index contributed by atoms with van der Waals surface area (Å²) in [5.74, 6) is 3.45. The number of nitrogens with two attached hydrogens (primary N) is 3. The standard InChI is InChI=1S/C32H21Br2N5.C32H22BrN5.C23H16BrN5.C22H17N3/c33-18-5-9-28-24(11-18)17(15-36-28)14-35-20-7-8-23-25(13-20)21-3-1-2-4-22(21)30-31(23)39-32(38-30)27-16-37-29-10-6-19(34)12-26(27)29;33-19-9-12-29-25(13-19)18(16-35-29)15-34-20-10-11-24-26(14-20)21-5-1-2-7-23(21)30-31(24)38-32(37-30)27-17-36-28-8-4-3-6-22(27)28;24-11-1-6-20-18(7-11)19(10-27-20)23-28-21-14-4-2-12(25)8-16(14)17-9-13(26)3-5-15(17)22(21)29-23;23-13-14-6-5-7-15(12-14)22-24-20-18-10-3-1-8-16(18)17-9-2-4-11-19(17)21(20)25-22/h1-13,15-16,35-37H,14H2,(H,38,39);1-14,16-17,34-36H,15H2,(H,37,38);1-10,27H,25-26H2,(H,28,29);1-12H,13,23H2,(H,24,25). The van der Waals surface area contributed by atoms with E-state index in [0.29, 0.717) is 6.54 Å². The number of nitrogens with one attached hydrogen (secondary N) is 11. The molecule has 0 bridgehead atoms. The Morgan fingerprint density at radius 2 is 0.573 bits per heavy atom. The third-order valence-corrected chi connectivity index (χ3v) is 27.4. The van der Waals surface area contributed by atoms with Crippen LogP contribution in [0.3, 0.4) is 0 Å². The van der Waals surface area contributed by atoms with Crippen molar-refractivity contribution in [1.29, 1.82) is 0 Å². The maximum atomic E-state index is 6.09. The van der Waals surface area contributed by atoms with Gasteiger partial charge in [-0.2, -0.15) is 0 Å². The lowest BCUT2D eigenvalue weighted by Crippen LogP contribution is -1.98. The molecule has 18 aromatic carbocycles. The number of H-pyrrole nitrogens is 9. The number of hydrogen-bond donors (Lipinski definition) is 14. The largest absolute Gasteiger partial charge is 0.399 e. The van der Waals surface area contributed by atoms with Crippen molar-refractivity contribution in [3.8, 4) is 45.6 Å². The molecule has 27 rings (SSSR count). The van der Waals surface area contributed by atoms with Gasteiger partial charge in [-0.25, -0.2) is 19.9 Å². The van der Waals surface area contributed by atoms with Gasteiger partial charge in [0.15, 0.2) is 0 Å². The molecule has 131 heavy (non-hydrogen) atoms. The fourth-order valence-electron chi connectivity index (χ4n) is 19.1. The zero-order valence-corrected chi connectivity index (χ0v) is 76.1. The van der Waals surface area contributed by atoms with Gasteiger partial charge >= 0.3 is 0 Å². The van der Waals surface area contributed by atoms with Crippen LogP contribution in [0.15, 0.2) is 340 Å². The fourth-order valence-corrected chi connectivity index (χ4v) is 20.6. The van der Waals surface area contributed by atoms with Crippen LogP contribution in [0.1, 0.15) is 16.7 Å². The van der Waals surface area contributed by atoms with Crippen molar-refractivity contribution < 1.29 is 0 Å². The van der Waals surface area contributed by atoms with Crippen LogP contribution in [0.25, 0.3) is 230 Å². The van der Waals surface area contributed by atoms with Crippen molar-refractivity contribution in [2.45, 2.75) is 19.6 Å². The lowest BCUT2D eigenvalue weighted by molar-refractivity contribution is 1.07. The molecule has 0 fully saturated rings. The SMILES string of the molecule is Brc1ccc2[nH]cc(CNc3ccc4c(c3)c3ccccc3c3nc(-c5c[nH]c6ccc(Br)cc56)[nH]c43)c2c1.Brc1ccc2[nH]cc(CNc3ccc4c(c3)c3ccccc3c3nc(-c5c[nH]c6ccccc56)[nH]c43)c2c1.NCc1cccc(-c2nc3c4ccccc4c4ccccc4c3[nH]2)c1.Nc1ccc2c(c1)c1cc(N)ccc1c1[nH]c(-c3c[nH]c4ccc(Br)cc34)nc21. The van der Waals surface area contributed by atoms with Crippen molar-refractivity contribution in [3.05, 3.63) is 357 Å². The number of rotatable bonds is 11. The molecule has 630 valence electrons. The number of para-hydroxylation sites is 1. The highest BCUT2D eigenvalue weighted by atomic mass is 79.9. The van der Waals surface area contributed by atoms with Crippen LogP contribution < -0.4 is 27.8 Å². The highest BCUT2D eigenvalue weighted by Crippen LogP contribution is 2.45. The van der Waals surface area contributed by atoms with E-state index < -0.39 is 0 Å². The van der Waals surface area contributed by atoms with E-state index in [4.69, 9.17) is 37.1 Å². The minimum atomic E-state index is 0.528. The summed E-state index contributed by atoms with van der Waals surface area (Å²) in [6, 6.07) is 101. The van der Waals surface area contributed by atoms with E-state index in [0.717, 1.165) is 230 Å². The molecule has 0 aliphatic rings. The number of aromatic amines is 9. The van der Waals surface area contributed by atoms with Crippen LogP contribution >= 0.6 is 63.7 Å². The molecule has 0 aliphatic heterocycles. The van der Waals surface area contributed by atoms with Crippen LogP contribution in [0.4, 0.5) is 22.7 Å². The fraction of sp³-hybridized carbons (Fsp3) is 0.0275. The summed E-state index contributed by atoms with van der Waals surface area (Å²) in [5, 5.41) is 31.7. The Labute approximate surface area is 779 Å². The van der Waals surface area contributed by atoms with Crippen LogP contribution in [0.5, 0.6) is 0 Å². The van der Waals surface area contributed by atoms with Gasteiger partial charge in [0.1, 0.15) is 23.3 Å². The summed E-state index contributed by atoms with van der Waals surface area (Å²) in [6.07, 6.45) is 10.2. The van der Waals surface area contributed by atoms with Gasteiger partial charge in [0.05, 0.1) is 44.1 Å². The molecule has 22 heteroatoms. The summed E-state index contributed by atoms with van der Waals surface area (Å²) in [5.41, 5.74) is 43.1. The normalized spacial score (nSPS) is 11.9. The van der Waals surface area contributed by atoms with E-state index in [1.807, 2.05) is 85.3 Å². The van der Waals surface area contributed by atoms with Crippen molar-refractivity contribution in [2.24, 2.45) is 5.73 Å². The zero-order valence-electron chi connectivity index (χ0n) is 69.8. The molecule has 0 saturated carbocycles. The first-order valence-electron chi connectivity index (χ1n) is 43.0. The second-order valence-corrected chi connectivity index (χ2v) is 36.9. The van der Waals surface area contributed by atoms with E-state index >= 15 is 0 Å². The molecule has 9 heterocycles. The highest BCUT2D eigenvalue weighted by molar-refractivity contribution is 9.11. The Morgan fingerprint density at radius 1 is 0.252 bits per heavy atom. The second-order valence-electron chi connectivity index (χ2n) is 33.2. The quantitative estimate of drug-likeness (QED) is 0.0432. The molecule has 0 radical (unpaired) electrons. The number of halogens is 4. The van der Waals surface area contributed by atoms with E-state index in [1.165, 1.54) is 70.4 Å². The number of nitrogens with zero attached hydrogens (tertiary/aromatic N) is 4. The number of imidazole rings is 4. The van der Waals surface area contributed by atoms with Gasteiger partial charge in [-0.05, 0) is 193 Å². The Bertz CT molecular complexity index is 9170. The number of benzene rings is 18. The van der Waals surface area contributed by atoms with Crippen LogP contribution in [0.2, 0.25) is 0 Å². The minimum absolute atomic E-state index is 0.528. The third-order valence-electron chi connectivity index (χ3n) is 25.4. The number of hydrogen-bond acceptors (Lipinski definition) is 9. The molecular formula is C109H76Br4N18. The maximum absolute atomic E-state index is 6.09. The lowest BCUT2D eigenvalue weighted by atomic mass is 9.99. The van der Waals surface area contributed by atoms with Crippen molar-refractivity contribution in [3.63, 3.8) is 0 Å². The van der Waals surface area contributed by atoms with Gasteiger partial charge in [-0.3, -0.25) is 0 Å². The summed E-state index contributed by atoms with van der Waals surface area (Å²) in [4.78, 5) is 51.5. The van der Waals surface area contributed by atoms with E-state index in [1.54, 1.807) is 0 Å². The van der Waals surface area contributed by atoms with Gasteiger partial charge < -0.3 is 72.7 Å². The molecular weight excluding hydrogens is 1880 g/mol. The predicted molar refractivity (Wildman–Crippen MR) is 561 cm³/mol. The number of fused-ring (bicyclic) bond motifs is 29. The Kier molecular flexibility index (Phi) is 19.4. The summed E-state index contributed by atoms with van der Waals surface area (Å²) in [7, 11) is 0. The van der Waals surface area contributed by atoms with E-state index in [-0.39, 0.29) is 0 Å². The maximum Gasteiger partial charge on any atom is 0.140 e. The molecule has 0 amide bonds. The number of aromatic nitrogens is 13. The van der Waals surface area contributed by atoms with Gasteiger partial charge in [0.25, 0.3) is 0 Å². The molecule has 9 aromatic heterocycles. The van der Waals surface area contributed by atoms with Crippen LogP contribution in [-0.4, -0.2) is 64.8 Å². The molecule has 0 aliphatic carbocycles. The number of anilines is 4. The second kappa shape index (κ2) is 32.2. The smallest absolute Gasteiger partial charge is 0.140 e.